The fourth-order valence-corrected chi connectivity index (χ4v) is 2.24. The van der Waals surface area contributed by atoms with E-state index in [9.17, 15) is 0 Å². The van der Waals surface area contributed by atoms with E-state index in [-0.39, 0.29) is 0 Å². The molecule has 0 spiro atoms. The maximum absolute atomic E-state index is 3.67. The average molecular weight is 195 g/mol. The topological polar surface area (TPSA) is 12.0 Å². The van der Waals surface area contributed by atoms with Crippen LogP contribution in [-0.4, -0.2) is 12.6 Å². The van der Waals surface area contributed by atoms with E-state index < -0.39 is 0 Å². The van der Waals surface area contributed by atoms with Crippen molar-refractivity contribution in [2.24, 2.45) is 5.92 Å². The van der Waals surface area contributed by atoms with Crippen LogP contribution in [-0.2, 0) is 0 Å². The molecule has 0 amide bonds. The van der Waals surface area contributed by atoms with Gasteiger partial charge in [0.05, 0.1) is 0 Å². The molecular weight excluding hydrogens is 170 g/mol. The van der Waals surface area contributed by atoms with Gasteiger partial charge in [-0.05, 0) is 44.6 Å². The first kappa shape index (κ1) is 11.8. The van der Waals surface area contributed by atoms with Gasteiger partial charge in [-0.3, -0.25) is 0 Å². The molecule has 0 aromatic carbocycles. The Morgan fingerprint density at radius 1 is 1.36 bits per heavy atom. The lowest BCUT2D eigenvalue weighted by Crippen LogP contribution is -2.36. The number of nitrogens with one attached hydrogen (secondary N) is 1. The highest BCUT2D eigenvalue weighted by atomic mass is 14.9. The van der Waals surface area contributed by atoms with E-state index >= 15 is 0 Å². The Hall–Kier alpha value is -0.300. The third-order valence-electron chi connectivity index (χ3n) is 3.01. The second kappa shape index (κ2) is 6.23. The predicted molar refractivity (Wildman–Crippen MR) is 63.5 cm³/mol. The van der Waals surface area contributed by atoms with E-state index in [1.165, 1.54) is 32.1 Å². The lowest BCUT2D eigenvalue weighted by atomic mass is 9.88. The van der Waals surface area contributed by atoms with Gasteiger partial charge in [0, 0.05) is 6.04 Å². The third kappa shape index (κ3) is 3.45. The van der Waals surface area contributed by atoms with Crippen LogP contribution in [0.2, 0.25) is 0 Å². The van der Waals surface area contributed by atoms with Crippen LogP contribution in [0.3, 0.4) is 0 Å². The lowest BCUT2D eigenvalue weighted by molar-refractivity contribution is 0.427. The molecule has 1 aliphatic rings. The van der Waals surface area contributed by atoms with Crippen LogP contribution in [0.4, 0.5) is 0 Å². The number of hydrogen-bond donors (Lipinski definition) is 1. The maximum Gasteiger partial charge on any atom is 0.0302 e. The van der Waals surface area contributed by atoms with Gasteiger partial charge in [0.2, 0.25) is 0 Å². The van der Waals surface area contributed by atoms with Crippen molar-refractivity contribution >= 4 is 0 Å². The van der Waals surface area contributed by atoms with Crippen LogP contribution >= 0.6 is 0 Å². The molecule has 82 valence electrons. The van der Waals surface area contributed by atoms with Gasteiger partial charge in [-0.1, -0.05) is 32.4 Å². The summed E-state index contributed by atoms with van der Waals surface area (Å²) in [7, 11) is 0. The van der Waals surface area contributed by atoms with Gasteiger partial charge in [-0.25, -0.2) is 0 Å². The maximum atomic E-state index is 3.67. The van der Waals surface area contributed by atoms with Crippen molar-refractivity contribution in [1.82, 2.24) is 5.32 Å². The van der Waals surface area contributed by atoms with Gasteiger partial charge in [0.1, 0.15) is 0 Å². The van der Waals surface area contributed by atoms with Gasteiger partial charge in [-0.15, -0.1) is 0 Å². The zero-order valence-electron chi connectivity index (χ0n) is 9.97. The molecule has 14 heavy (non-hydrogen) atoms. The van der Waals surface area contributed by atoms with Crippen molar-refractivity contribution in [2.45, 2.75) is 58.9 Å². The van der Waals surface area contributed by atoms with Crippen LogP contribution in [0.5, 0.6) is 0 Å². The molecular formula is C13H25N. The first-order valence-electron chi connectivity index (χ1n) is 6.18. The predicted octanol–water partition coefficient (Wildman–Crippen LogP) is 3.51. The fraction of sp³-hybridized carbons (Fsp3) is 0.846. The largest absolute Gasteiger partial charge is 0.310 e. The average Bonchev–Trinajstić information content (AvgIpc) is 2.19. The Balaban J connectivity index is 2.52. The van der Waals surface area contributed by atoms with Crippen molar-refractivity contribution < 1.29 is 0 Å². The van der Waals surface area contributed by atoms with E-state index in [1.807, 2.05) is 0 Å². The van der Waals surface area contributed by atoms with E-state index in [0.717, 1.165) is 12.5 Å². The molecule has 1 N–H and O–H groups in total. The van der Waals surface area contributed by atoms with Crippen molar-refractivity contribution in [1.29, 1.82) is 0 Å². The normalized spacial score (nSPS) is 19.6. The smallest absolute Gasteiger partial charge is 0.0302 e. The molecule has 0 saturated carbocycles. The molecule has 0 radical (unpaired) electrons. The molecule has 1 heteroatoms. The van der Waals surface area contributed by atoms with Crippen LogP contribution in [0.25, 0.3) is 0 Å². The number of hydrogen-bond acceptors (Lipinski definition) is 1. The summed E-state index contributed by atoms with van der Waals surface area (Å²) < 4.78 is 0. The quantitative estimate of drug-likeness (QED) is 0.662. The molecule has 0 bridgehead atoms. The molecule has 1 aliphatic carbocycles. The van der Waals surface area contributed by atoms with Crippen molar-refractivity contribution in [3.05, 3.63) is 11.6 Å². The molecule has 0 heterocycles. The van der Waals surface area contributed by atoms with E-state index in [4.69, 9.17) is 0 Å². The summed E-state index contributed by atoms with van der Waals surface area (Å²) in [4.78, 5) is 0. The zero-order valence-corrected chi connectivity index (χ0v) is 9.97. The minimum absolute atomic E-state index is 0.634. The monoisotopic (exact) mass is 195 g/mol. The minimum Gasteiger partial charge on any atom is -0.310 e. The highest BCUT2D eigenvalue weighted by molar-refractivity contribution is 5.14. The van der Waals surface area contributed by atoms with E-state index in [1.54, 1.807) is 5.57 Å². The Labute approximate surface area is 89.0 Å². The summed E-state index contributed by atoms with van der Waals surface area (Å²) in [5.74, 6) is 0.728. The highest BCUT2D eigenvalue weighted by Crippen LogP contribution is 2.23. The SMILES string of the molecule is CCCNC(C1=CCCCC1)C(C)C. The molecule has 0 aliphatic heterocycles. The second-order valence-electron chi connectivity index (χ2n) is 4.70. The summed E-state index contributed by atoms with van der Waals surface area (Å²) in [6.07, 6.45) is 9.10. The lowest BCUT2D eigenvalue weighted by Gasteiger charge is -2.27. The third-order valence-corrected chi connectivity index (χ3v) is 3.01. The number of allylic oxidation sites excluding steroid dienone is 1. The van der Waals surface area contributed by atoms with E-state index in [0.29, 0.717) is 6.04 Å². The summed E-state index contributed by atoms with van der Waals surface area (Å²) in [6.45, 7) is 8.03. The Bertz CT molecular complexity index is 182. The zero-order chi connectivity index (χ0) is 10.4. The molecule has 0 aromatic heterocycles. The molecule has 1 nitrogen and oxygen atoms in total. The first-order valence-corrected chi connectivity index (χ1v) is 6.18. The van der Waals surface area contributed by atoms with Crippen LogP contribution in [0, 0.1) is 5.92 Å². The van der Waals surface area contributed by atoms with Crippen molar-refractivity contribution in [3.63, 3.8) is 0 Å². The standard InChI is InChI=1S/C13H25N/c1-4-10-14-13(11(2)3)12-8-6-5-7-9-12/h8,11,13-14H,4-7,9-10H2,1-3H3. The summed E-state index contributed by atoms with van der Waals surface area (Å²) in [5, 5.41) is 3.67. The summed E-state index contributed by atoms with van der Waals surface area (Å²) in [5.41, 5.74) is 1.67. The first-order chi connectivity index (χ1) is 6.75. The highest BCUT2D eigenvalue weighted by Gasteiger charge is 2.18. The van der Waals surface area contributed by atoms with Crippen molar-refractivity contribution in [2.75, 3.05) is 6.54 Å². The van der Waals surface area contributed by atoms with Crippen molar-refractivity contribution in [3.8, 4) is 0 Å². The van der Waals surface area contributed by atoms with Crippen LogP contribution < -0.4 is 5.32 Å². The molecule has 0 aromatic rings. The molecule has 0 fully saturated rings. The van der Waals surface area contributed by atoms with Gasteiger partial charge in [-0.2, -0.15) is 0 Å². The van der Waals surface area contributed by atoms with Gasteiger partial charge in [0.15, 0.2) is 0 Å². The van der Waals surface area contributed by atoms with Gasteiger partial charge in [0.25, 0.3) is 0 Å². The Morgan fingerprint density at radius 2 is 2.14 bits per heavy atom. The van der Waals surface area contributed by atoms with Gasteiger partial charge < -0.3 is 5.32 Å². The molecule has 1 rings (SSSR count). The summed E-state index contributed by atoms with van der Waals surface area (Å²) >= 11 is 0. The Kier molecular flexibility index (Phi) is 5.24. The van der Waals surface area contributed by atoms with Gasteiger partial charge >= 0.3 is 0 Å². The molecule has 0 saturated heterocycles. The second-order valence-corrected chi connectivity index (χ2v) is 4.70. The minimum atomic E-state index is 0.634. The number of rotatable bonds is 5. The Morgan fingerprint density at radius 3 is 2.64 bits per heavy atom. The molecule has 1 atom stereocenters. The van der Waals surface area contributed by atoms with E-state index in [2.05, 4.69) is 32.2 Å². The molecule has 1 unspecified atom stereocenters. The fourth-order valence-electron chi connectivity index (χ4n) is 2.24. The van der Waals surface area contributed by atoms with Crippen LogP contribution in [0.15, 0.2) is 11.6 Å². The summed E-state index contributed by atoms with van der Waals surface area (Å²) in [6, 6.07) is 0.634. The van der Waals surface area contributed by atoms with Crippen LogP contribution in [0.1, 0.15) is 52.9 Å².